The molecular formula is C29H30F3NO5. The summed E-state index contributed by atoms with van der Waals surface area (Å²) in [6.07, 6.45) is -1.18. The van der Waals surface area contributed by atoms with E-state index in [0.29, 0.717) is 22.3 Å². The molecule has 2 heterocycles. The fourth-order valence-electron chi connectivity index (χ4n) is 6.39. The molecule has 0 radical (unpaired) electrons. The van der Waals surface area contributed by atoms with Crippen LogP contribution in [0.5, 0.6) is 5.75 Å². The van der Waals surface area contributed by atoms with E-state index in [4.69, 9.17) is 4.74 Å². The summed E-state index contributed by atoms with van der Waals surface area (Å²) in [5.41, 5.74) is 2.26. The molecule has 38 heavy (non-hydrogen) atoms. The zero-order valence-electron chi connectivity index (χ0n) is 21.5. The van der Waals surface area contributed by atoms with Crippen molar-refractivity contribution in [1.82, 2.24) is 4.57 Å². The smallest absolute Gasteiger partial charge is 0.481 e. The Morgan fingerprint density at radius 3 is 2.47 bits per heavy atom. The van der Waals surface area contributed by atoms with Crippen LogP contribution in [0.4, 0.5) is 13.2 Å². The van der Waals surface area contributed by atoms with Crippen LogP contribution in [0.2, 0.25) is 0 Å². The van der Waals surface area contributed by atoms with E-state index < -0.39 is 29.6 Å². The molecule has 1 saturated carbocycles. The van der Waals surface area contributed by atoms with E-state index in [1.54, 1.807) is 18.2 Å². The highest BCUT2D eigenvalue weighted by molar-refractivity contribution is 6.00. The standard InChI is InChI=1S/C29H30F3NO5/c1-4-7-16(8-5-2)23-18-12-11-17(26(34)37-3)13-21(18)33-15-28(27(35)36)14-20(28)24-19(25(23)33)9-6-10-22(24)38-29(30,31)32/h6,9-13,16,20H,4-5,7-8,14-15H2,1-3H3,(H,35,36). The van der Waals surface area contributed by atoms with Crippen molar-refractivity contribution >= 4 is 22.8 Å². The molecule has 5 rings (SSSR count). The van der Waals surface area contributed by atoms with Crippen LogP contribution in [0.15, 0.2) is 36.4 Å². The minimum Gasteiger partial charge on any atom is -0.481 e. The number of benzene rings is 2. The highest BCUT2D eigenvalue weighted by atomic mass is 19.4. The molecule has 6 nitrogen and oxygen atoms in total. The third-order valence-corrected chi connectivity index (χ3v) is 8.04. The van der Waals surface area contributed by atoms with Gasteiger partial charge in [-0.05, 0) is 48.9 Å². The molecule has 0 saturated heterocycles. The molecule has 2 aliphatic rings. The summed E-state index contributed by atoms with van der Waals surface area (Å²) >= 11 is 0. The first-order valence-corrected chi connectivity index (χ1v) is 12.9. The Balaban J connectivity index is 1.89. The molecule has 1 fully saturated rings. The molecule has 0 spiro atoms. The molecule has 1 aliphatic carbocycles. The lowest BCUT2D eigenvalue weighted by Gasteiger charge is -2.21. The molecule has 0 bridgehead atoms. The lowest BCUT2D eigenvalue weighted by molar-refractivity contribution is -0.274. The first-order valence-electron chi connectivity index (χ1n) is 12.9. The van der Waals surface area contributed by atoms with Crippen molar-refractivity contribution in [2.45, 2.75) is 70.7 Å². The third-order valence-electron chi connectivity index (χ3n) is 8.04. The molecule has 1 aromatic heterocycles. The number of aliphatic carboxylic acids is 1. The summed E-state index contributed by atoms with van der Waals surface area (Å²) in [5, 5.41) is 11.2. The fraction of sp³-hybridized carbons (Fsp3) is 0.448. The van der Waals surface area contributed by atoms with Crippen LogP contribution in [0.3, 0.4) is 0 Å². The molecule has 3 aromatic rings. The maximum Gasteiger partial charge on any atom is 0.573 e. The van der Waals surface area contributed by atoms with Crippen molar-refractivity contribution in [2.75, 3.05) is 7.11 Å². The van der Waals surface area contributed by atoms with Crippen molar-refractivity contribution in [3.63, 3.8) is 0 Å². The molecule has 0 amide bonds. The Morgan fingerprint density at radius 2 is 1.87 bits per heavy atom. The van der Waals surface area contributed by atoms with E-state index in [1.807, 2.05) is 10.6 Å². The van der Waals surface area contributed by atoms with Gasteiger partial charge in [0.2, 0.25) is 0 Å². The van der Waals surface area contributed by atoms with Gasteiger partial charge in [-0.1, -0.05) is 44.9 Å². The minimum atomic E-state index is -4.92. The summed E-state index contributed by atoms with van der Waals surface area (Å²) < 4.78 is 51.6. The zero-order valence-corrected chi connectivity index (χ0v) is 21.5. The van der Waals surface area contributed by atoms with Gasteiger partial charge >= 0.3 is 18.3 Å². The first kappa shape index (κ1) is 26.1. The number of carboxylic acids is 1. The number of aromatic nitrogens is 1. The van der Waals surface area contributed by atoms with Crippen LogP contribution in [-0.2, 0) is 16.1 Å². The van der Waals surface area contributed by atoms with Gasteiger partial charge in [-0.3, -0.25) is 4.79 Å². The van der Waals surface area contributed by atoms with Gasteiger partial charge in [-0.15, -0.1) is 13.2 Å². The second-order valence-corrected chi connectivity index (χ2v) is 10.3. The molecule has 9 heteroatoms. The van der Waals surface area contributed by atoms with Gasteiger partial charge in [0.25, 0.3) is 0 Å². The van der Waals surface area contributed by atoms with Gasteiger partial charge < -0.3 is 19.1 Å². The maximum absolute atomic E-state index is 13.4. The van der Waals surface area contributed by atoms with Crippen LogP contribution in [0, 0.1) is 5.41 Å². The average molecular weight is 530 g/mol. The van der Waals surface area contributed by atoms with E-state index in [9.17, 15) is 27.9 Å². The Hall–Kier alpha value is -3.49. The molecule has 2 aromatic carbocycles. The first-order chi connectivity index (χ1) is 18.1. The number of carbonyl (C=O) groups is 2. The number of carboxylic acid groups (broad SMARTS) is 1. The van der Waals surface area contributed by atoms with Crippen molar-refractivity contribution in [1.29, 1.82) is 0 Å². The molecule has 1 aliphatic heterocycles. The third kappa shape index (κ3) is 4.12. The van der Waals surface area contributed by atoms with E-state index in [1.165, 1.54) is 19.2 Å². The van der Waals surface area contributed by atoms with Gasteiger partial charge in [0.15, 0.2) is 0 Å². The Morgan fingerprint density at radius 1 is 1.16 bits per heavy atom. The number of alkyl halides is 3. The number of fused-ring (bicyclic) bond motifs is 7. The lowest BCUT2D eigenvalue weighted by Crippen LogP contribution is -2.23. The monoisotopic (exact) mass is 529 g/mol. The van der Waals surface area contributed by atoms with Crippen LogP contribution >= 0.6 is 0 Å². The molecular weight excluding hydrogens is 499 g/mol. The minimum absolute atomic E-state index is 0.0779. The predicted molar refractivity (Wildman–Crippen MR) is 135 cm³/mol. The van der Waals surface area contributed by atoms with Gasteiger partial charge in [-0.25, -0.2) is 4.79 Å². The average Bonchev–Trinajstić information content (AvgIpc) is 3.53. The lowest BCUT2D eigenvalue weighted by atomic mass is 9.85. The van der Waals surface area contributed by atoms with Crippen molar-refractivity contribution in [3.8, 4) is 17.0 Å². The van der Waals surface area contributed by atoms with Crippen LogP contribution < -0.4 is 4.74 Å². The Kier molecular flexibility index (Phi) is 6.44. The Labute approximate surface area is 218 Å². The Bertz CT molecular complexity index is 1420. The largest absolute Gasteiger partial charge is 0.573 e. The van der Waals surface area contributed by atoms with Crippen LogP contribution in [-0.4, -0.2) is 35.1 Å². The maximum atomic E-state index is 13.4. The fourth-order valence-corrected chi connectivity index (χ4v) is 6.39. The second-order valence-electron chi connectivity index (χ2n) is 10.3. The molecule has 1 N–H and O–H groups in total. The van der Waals surface area contributed by atoms with E-state index >= 15 is 0 Å². The van der Waals surface area contributed by atoms with Gasteiger partial charge in [-0.2, -0.15) is 0 Å². The summed E-state index contributed by atoms with van der Waals surface area (Å²) in [5.74, 6) is -2.46. The van der Waals surface area contributed by atoms with Crippen molar-refractivity contribution in [3.05, 3.63) is 53.1 Å². The number of rotatable bonds is 8. The predicted octanol–water partition coefficient (Wildman–Crippen LogP) is 7.25. The quantitative estimate of drug-likeness (QED) is 0.311. The number of halogens is 3. The number of hydrogen-bond donors (Lipinski definition) is 1. The normalized spacial score (nSPS) is 19.9. The van der Waals surface area contributed by atoms with E-state index in [2.05, 4.69) is 18.6 Å². The number of esters is 1. The summed E-state index contributed by atoms with van der Waals surface area (Å²) in [6, 6.07) is 9.79. The topological polar surface area (TPSA) is 77.8 Å². The SMILES string of the molecule is CCCC(CCC)c1c2n(c3cc(C(=O)OC)ccc13)CC1(C(=O)O)CC1c1c(OC(F)(F)F)cccc1-2. The van der Waals surface area contributed by atoms with Crippen LogP contribution in [0.1, 0.15) is 79.3 Å². The van der Waals surface area contributed by atoms with Gasteiger partial charge in [0, 0.05) is 34.5 Å². The van der Waals surface area contributed by atoms with Crippen molar-refractivity contribution in [2.24, 2.45) is 5.41 Å². The van der Waals surface area contributed by atoms with Gasteiger partial charge in [0.1, 0.15) is 5.75 Å². The van der Waals surface area contributed by atoms with E-state index in [0.717, 1.165) is 36.6 Å². The highest BCUT2D eigenvalue weighted by Crippen LogP contribution is 2.67. The summed E-state index contributed by atoms with van der Waals surface area (Å²) in [6.45, 7) is 4.26. The molecule has 2 atom stereocenters. The van der Waals surface area contributed by atoms with Gasteiger partial charge in [0.05, 0.1) is 23.8 Å². The molecule has 2 unspecified atom stereocenters. The van der Waals surface area contributed by atoms with Crippen molar-refractivity contribution < 1.29 is 37.3 Å². The second kappa shape index (κ2) is 9.36. The number of methoxy groups -OCH3 is 1. The number of nitrogens with zero attached hydrogens (tertiary/aromatic N) is 1. The molecule has 202 valence electrons. The number of ether oxygens (including phenoxy) is 2. The summed E-state index contributed by atoms with van der Waals surface area (Å²) in [7, 11) is 1.29. The van der Waals surface area contributed by atoms with Crippen LogP contribution in [0.25, 0.3) is 22.2 Å². The summed E-state index contributed by atoms with van der Waals surface area (Å²) in [4.78, 5) is 25.0. The zero-order chi connectivity index (χ0) is 27.4. The number of carbonyl (C=O) groups excluding carboxylic acids is 1. The van der Waals surface area contributed by atoms with E-state index in [-0.39, 0.29) is 30.2 Å². The highest BCUT2D eigenvalue weighted by Gasteiger charge is 2.64. The number of hydrogen-bond acceptors (Lipinski definition) is 4.